The minimum Gasteiger partial charge on any atom is -0.481 e. The lowest BCUT2D eigenvalue weighted by Crippen LogP contribution is -2.39. The summed E-state index contributed by atoms with van der Waals surface area (Å²) in [5, 5.41) is 9.22. The first-order chi connectivity index (χ1) is 7.53. The topological polar surface area (TPSA) is 37.3 Å². The summed E-state index contributed by atoms with van der Waals surface area (Å²) in [6, 6.07) is 4.49. The number of carboxylic acid groups (broad SMARTS) is 1. The van der Waals surface area contributed by atoms with Gasteiger partial charge in [0.2, 0.25) is 0 Å². The quantitative estimate of drug-likeness (QED) is 0.883. The highest BCUT2D eigenvalue weighted by atomic mass is 35.5. The maximum absolute atomic E-state index is 13.2. The van der Waals surface area contributed by atoms with Crippen molar-refractivity contribution in [3.8, 4) is 0 Å². The number of rotatable bonds is 3. The first-order valence-electron chi connectivity index (χ1n) is 5.21. The van der Waals surface area contributed by atoms with Gasteiger partial charge in [-0.25, -0.2) is 4.39 Å². The zero-order valence-corrected chi connectivity index (χ0v) is 9.43. The van der Waals surface area contributed by atoms with Gasteiger partial charge in [-0.3, -0.25) is 4.79 Å². The lowest BCUT2D eigenvalue weighted by atomic mass is 9.65. The second-order valence-electron chi connectivity index (χ2n) is 4.36. The van der Waals surface area contributed by atoms with E-state index in [1.54, 1.807) is 6.07 Å². The lowest BCUT2D eigenvalue weighted by Gasteiger charge is -2.37. The highest BCUT2D eigenvalue weighted by Gasteiger charge is 2.44. The Hall–Kier alpha value is -1.09. The second-order valence-corrected chi connectivity index (χ2v) is 4.77. The van der Waals surface area contributed by atoms with Crippen molar-refractivity contribution in [2.24, 2.45) is 5.41 Å². The molecule has 0 saturated heterocycles. The highest BCUT2D eigenvalue weighted by Crippen LogP contribution is 2.44. The molecule has 0 aliphatic heterocycles. The van der Waals surface area contributed by atoms with Gasteiger partial charge in [-0.1, -0.05) is 24.1 Å². The summed E-state index contributed by atoms with van der Waals surface area (Å²) in [5.41, 5.74) is 0.0179. The predicted molar refractivity (Wildman–Crippen MR) is 59.0 cm³/mol. The van der Waals surface area contributed by atoms with Crippen molar-refractivity contribution < 1.29 is 14.3 Å². The van der Waals surface area contributed by atoms with Crippen LogP contribution in [-0.4, -0.2) is 11.1 Å². The van der Waals surface area contributed by atoms with Crippen molar-refractivity contribution in [3.05, 3.63) is 34.6 Å². The van der Waals surface area contributed by atoms with E-state index >= 15 is 0 Å². The van der Waals surface area contributed by atoms with E-state index in [-0.39, 0.29) is 5.02 Å². The Morgan fingerprint density at radius 3 is 2.62 bits per heavy atom. The van der Waals surface area contributed by atoms with Gasteiger partial charge in [0.15, 0.2) is 0 Å². The summed E-state index contributed by atoms with van der Waals surface area (Å²) in [6.07, 6.45) is 2.66. The fourth-order valence-corrected chi connectivity index (χ4v) is 2.23. The average molecular weight is 243 g/mol. The molecular formula is C12H12ClFO2. The van der Waals surface area contributed by atoms with E-state index in [9.17, 15) is 9.18 Å². The van der Waals surface area contributed by atoms with Gasteiger partial charge in [-0.05, 0) is 37.0 Å². The predicted octanol–water partition coefficient (Wildman–Crippen LogP) is 3.28. The first-order valence-corrected chi connectivity index (χ1v) is 5.59. The molecule has 0 aromatic heterocycles. The number of carbonyl (C=O) groups is 1. The van der Waals surface area contributed by atoms with Crippen LogP contribution in [0.4, 0.5) is 4.39 Å². The molecule has 0 atom stereocenters. The fraction of sp³-hybridized carbons (Fsp3) is 0.417. The zero-order valence-electron chi connectivity index (χ0n) is 8.67. The molecule has 1 saturated carbocycles. The molecule has 1 aromatic rings. The van der Waals surface area contributed by atoms with Gasteiger partial charge in [0, 0.05) is 0 Å². The van der Waals surface area contributed by atoms with E-state index in [1.165, 1.54) is 12.1 Å². The van der Waals surface area contributed by atoms with Crippen molar-refractivity contribution in [2.75, 3.05) is 0 Å². The monoisotopic (exact) mass is 242 g/mol. The van der Waals surface area contributed by atoms with Crippen LogP contribution in [0.15, 0.2) is 18.2 Å². The van der Waals surface area contributed by atoms with Crippen LogP contribution in [-0.2, 0) is 11.2 Å². The fourth-order valence-electron chi connectivity index (χ4n) is 2.11. The van der Waals surface area contributed by atoms with Crippen LogP contribution in [0.2, 0.25) is 5.02 Å². The van der Waals surface area contributed by atoms with Crippen LogP contribution >= 0.6 is 11.6 Å². The molecule has 1 aromatic carbocycles. The first kappa shape index (κ1) is 11.4. The Balaban J connectivity index is 2.20. The van der Waals surface area contributed by atoms with Crippen LogP contribution in [0.1, 0.15) is 24.8 Å². The van der Waals surface area contributed by atoms with Crippen molar-refractivity contribution in [1.82, 2.24) is 0 Å². The Morgan fingerprint density at radius 2 is 2.19 bits per heavy atom. The highest BCUT2D eigenvalue weighted by molar-refractivity contribution is 6.30. The van der Waals surface area contributed by atoms with Crippen LogP contribution in [0.25, 0.3) is 0 Å². The van der Waals surface area contributed by atoms with Gasteiger partial charge in [-0.2, -0.15) is 0 Å². The summed E-state index contributed by atoms with van der Waals surface area (Å²) in [4.78, 5) is 11.1. The molecule has 0 amide bonds. The molecular weight excluding hydrogens is 231 g/mol. The van der Waals surface area contributed by atoms with Gasteiger partial charge in [0.05, 0.1) is 10.4 Å². The minimum absolute atomic E-state index is 0.0711. The van der Waals surface area contributed by atoms with E-state index in [2.05, 4.69) is 0 Å². The van der Waals surface area contributed by atoms with E-state index < -0.39 is 17.2 Å². The van der Waals surface area contributed by atoms with E-state index in [0.717, 1.165) is 6.42 Å². The molecule has 4 heteroatoms. The summed E-state index contributed by atoms with van der Waals surface area (Å²) >= 11 is 5.57. The largest absolute Gasteiger partial charge is 0.481 e. The van der Waals surface area contributed by atoms with Crippen molar-refractivity contribution in [1.29, 1.82) is 0 Å². The number of aliphatic carboxylic acids is 1. The normalized spacial score (nSPS) is 17.9. The molecule has 0 spiro atoms. The van der Waals surface area contributed by atoms with Crippen molar-refractivity contribution >= 4 is 17.6 Å². The van der Waals surface area contributed by atoms with Crippen LogP contribution in [0.5, 0.6) is 0 Å². The molecule has 0 heterocycles. The third-order valence-electron chi connectivity index (χ3n) is 3.29. The molecule has 0 radical (unpaired) electrons. The number of hydrogen-bond acceptors (Lipinski definition) is 1. The molecule has 1 aliphatic carbocycles. The molecule has 2 nitrogen and oxygen atoms in total. The Morgan fingerprint density at radius 1 is 1.50 bits per heavy atom. The standard InChI is InChI=1S/C12H12ClFO2/c13-9-3-2-8(6-10(9)14)7-12(11(15)16)4-1-5-12/h2-3,6H,1,4-5,7H2,(H,15,16). The molecule has 16 heavy (non-hydrogen) atoms. The van der Waals surface area contributed by atoms with Gasteiger partial charge >= 0.3 is 5.97 Å². The number of hydrogen-bond donors (Lipinski definition) is 1. The Kier molecular flexibility index (Phi) is 2.89. The van der Waals surface area contributed by atoms with E-state index in [0.29, 0.717) is 24.8 Å². The molecule has 1 aliphatic rings. The molecule has 1 fully saturated rings. The number of benzene rings is 1. The summed E-state index contributed by atoms with van der Waals surface area (Å²) in [7, 11) is 0. The smallest absolute Gasteiger partial charge is 0.309 e. The second kappa shape index (κ2) is 4.06. The number of halogens is 2. The van der Waals surface area contributed by atoms with Crippen LogP contribution < -0.4 is 0 Å². The maximum atomic E-state index is 13.2. The van der Waals surface area contributed by atoms with Gasteiger partial charge in [0.1, 0.15) is 5.82 Å². The van der Waals surface area contributed by atoms with Gasteiger partial charge in [-0.15, -0.1) is 0 Å². The van der Waals surface area contributed by atoms with Crippen molar-refractivity contribution in [3.63, 3.8) is 0 Å². The summed E-state index contributed by atoms with van der Waals surface area (Å²) < 4.78 is 13.2. The minimum atomic E-state index is -0.783. The molecule has 0 bridgehead atoms. The van der Waals surface area contributed by atoms with E-state index in [1.807, 2.05) is 0 Å². The molecule has 86 valence electrons. The maximum Gasteiger partial charge on any atom is 0.309 e. The Labute approximate surface area is 98.0 Å². The third kappa shape index (κ3) is 1.92. The molecule has 1 N–H and O–H groups in total. The average Bonchev–Trinajstić information content (AvgIpc) is 2.16. The number of carboxylic acids is 1. The van der Waals surface area contributed by atoms with E-state index in [4.69, 9.17) is 16.7 Å². The lowest BCUT2D eigenvalue weighted by molar-refractivity contribution is -0.154. The van der Waals surface area contributed by atoms with Gasteiger partial charge in [0.25, 0.3) is 0 Å². The SMILES string of the molecule is O=C(O)C1(Cc2ccc(Cl)c(F)c2)CCC1. The van der Waals surface area contributed by atoms with Crippen LogP contribution in [0.3, 0.4) is 0 Å². The van der Waals surface area contributed by atoms with Crippen molar-refractivity contribution in [2.45, 2.75) is 25.7 Å². The summed E-state index contributed by atoms with van der Waals surface area (Å²) in [5.74, 6) is -1.27. The summed E-state index contributed by atoms with van der Waals surface area (Å²) in [6.45, 7) is 0. The van der Waals surface area contributed by atoms with Crippen LogP contribution in [0, 0.1) is 11.2 Å². The molecule has 0 unspecified atom stereocenters. The van der Waals surface area contributed by atoms with Gasteiger partial charge < -0.3 is 5.11 Å². The zero-order chi connectivity index (χ0) is 11.8. The Bertz CT molecular complexity index is 427. The molecule has 2 rings (SSSR count). The third-order valence-corrected chi connectivity index (χ3v) is 3.60.